The molecule has 0 unspecified atom stereocenters. The van der Waals surface area contributed by atoms with Gasteiger partial charge in [0.25, 0.3) is 0 Å². The zero-order valence-electron chi connectivity index (χ0n) is 8.95. The van der Waals surface area contributed by atoms with Crippen LogP contribution in [0.3, 0.4) is 0 Å². The van der Waals surface area contributed by atoms with Gasteiger partial charge in [0.15, 0.2) is 0 Å². The minimum absolute atomic E-state index is 0.332. The topological polar surface area (TPSA) is 38.3 Å². The Balaban J connectivity index is 2.64. The van der Waals surface area contributed by atoms with Gasteiger partial charge in [-0.05, 0) is 18.6 Å². The van der Waals surface area contributed by atoms with Crippen LogP contribution in [-0.4, -0.2) is 12.5 Å². The minimum atomic E-state index is -0.332. The predicted molar refractivity (Wildman–Crippen MR) is 60.8 cm³/mol. The van der Waals surface area contributed by atoms with E-state index < -0.39 is 0 Å². The van der Waals surface area contributed by atoms with E-state index in [2.05, 4.69) is 19.2 Å². The number of hydrogen-bond acceptors (Lipinski definition) is 2. The number of para-hydroxylation sites is 2. The maximum Gasteiger partial charge on any atom is 0.224 e. The highest BCUT2D eigenvalue weighted by Crippen LogP contribution is 2.23. The normalized spacial score (nSPS) is 9.73. The van der Waals surface area contributed by atoms with Crippen LogP contribution < -0.4 is 10.1 Å². The van der Waals surface area contributed by atoms with Gasteiger partial charge in [-0.3, -0.25) is 4.79 Å². The van der Waals surface area contributed by atoms with Gasteiger partial charge in [-0.15, -0.1) is 0 Å². The summed E-state index contributed by atoms with van der Waals surface area (Å²) in [6, 6.07) is 7.35. The Hall–Kier alpha value is -1.51. The summed E-state index contributed by atoms with van der Waals surface area (Å²) in [5.74, 6) is 0.365. The molecule has 0 spiro atoms. The number of hydrogen-bond donors (Lipinski definition) is 1. The maximum absolute atomic E-state index is 10.8. The first kappa shape index (κ1) is 11.6. The average Bonchev–Trinajstić information content (AvgIpc) is 2.20. The zero-order valence-corrected chi connectivity index (χ0v) is 8.95. The van der Waals surface area contributed by atoms with Gasteiger partial charge in [0.2, 0.25) is 5.91 Å². The molecule has 0 saturated heterocycles. The molecule has 0 aliphatic carbocycles. The predicted octanol–water partition coefficient (Wildman–Crippen LogP) is 2.64. The molecule has 0 aromatic heterocycles. The smallest absolute Gasteiger partial charge is 0.224 e. The molecule has 0 atom stereocenters. The molecule has 3 heteroatoms. The van der Waals surface area contributed by atoms with Crippen molar-refractivity contribution in [3.63, 3.8) is 0 Å². The summed E-state index contributed by atoms with van der Waals surface area (Å²) >= 11 is 0. The first-order chi connectivity index (χ1) is 7.24. The summed E-state index contributed by atoms with van der Waals surface area (Å²) in [5.41, 5.74) is 0.675. The number of ether oxygens (including phenoxy) is 1. The van der Waals surface area contributed by atoms with E-state index in [0.29, 0.717) is 18.0 Å². The molecular weight excluding hydrogens is 190 g/mol. The average molecular weight is 206 g/mol. The number of anilines is 1. The Labute approximate surface area is 90.4 Å². The van der Waals surface area contributed by atoms with E-state index in [1.807, 2.05) is 18.2 Å². The van der Waals surface area contributed by atoms with Crippen LogP contribution in [0.4, 0.5) is 5.69 Å². The Morgan fingerprint density at radius 2 is 2.20 bits per heavy atom. The number of amides is 1. The number of rotatable bonds is 5. The van der Waals surface area contributed by atoms with Gasteiger partial charge in [-0.1, -0.05) is 25.5 Å². The van der Waals surface area contributed by atoms with Gasteiger partial charge < -0.3 is 10.1 Å². The third kappa shape index (κ3) is 4.02. The monoisotopic (exact) mass is 206 g/mol. The number of unbranched alkanes of at least 4 members (excludes halogenated alkanes) is 1. The molecular formula is C12H16NO2. The van der Waals surface area contributed by atoms with E-state index in [1.165, 1.54) is 0 Å². The van der Waals surface area contributed by atoms with E-state index in [4.69, 9.17) is 4.74 Å². The van der Waals surface area contributed by atoms with Crippen LogP contribution in [-0.2, 0) is 4.79 Å². The van der Waals surface area contributed by atoms with Crippen molar-refractivity contribution in [2.75, 3.05) is 11.9 Å². The van der Waals surface area contributed by atoms with Crippen LogP contribution in [0.1, 0.15) is 19.8 Å². The second-order valence-electron chi connectivity index (χ2n) is 3.25. The van der Waals surface area contributed by atoms with E-state index in [0.717, 1.165) is 12.8 Å². The maximum atomic E-state index is 10.8. The third-order valence-electron chi connectivity index (χ3n) is 1.92. The van der Waals surface area contributed by atoms with Gasteiger partial charge in [0, 0.05) is 6.92 Å². The molecule has 1 aromatic carbocycles. The Kier molecular flexibility index (Phi) is 4.68. The molecule has 1 rings (SSSR count). The molecule has 15 heavy (non-hydrogen) atoms. The lowest BCUT2D eigenvalue weighted by Gasteiger charge is -2.10. The molecule has 1 amide bonds. The van der Waals surface area contributed by atoms with Crippen LogP contribution >= 0.6 is 0 Å². The molecule has 0 bridgehead atoms. The molecule has 0 saturated carbocycles. The van der Waals surface area contributed by atoms with Crippen molar-refractivity contribution in [3.8, 4) is 5.75 Å². The van der Waals surface area contributed by atoms with E-state index >= 15 is 0 Å². The Morgan fingerprint density at radius 1 is 1.47 bits per heavy atom. The third-order valence-corrected chi connectivity index (χ3v) is 1.92. The van der Waals surface area contributed by atoms with Crippen LogP contribution in [0, 0.1) is 6.92 Å². The molecule has 1 aromatic rings. The molecule has 0 aliphatic heterocycles. The van der Waals surface area contributed by atoms with Crippen molar-refractivity contribution in [3.05, 3.63) is 31.2 Å². The zero-order chi connectivity index (χ0) is 11.1. The van der Waals surface area contributed by atoms with Crippen LogP contribution in [0.2, 0.25) is 0 Å². The molecule has 0 fully saturated rings. The first-order valence-corrected chi connectivity index (χ1v) is 5.08. The van der Waals surface area contributed by atoms with Gasteiger partial charge >= 0.3 is 0 Å². The highest BCUT2D eigenvalue weighted by Gasteiger charge is 2.03. The summed E-state index contributed by atoms with van der Waals surface area (Å²) in [6.07, 6.45) is 2.09. The Bertz CT molecular complexity index is 323. The summed E-state index contributed by atoms with van der Waals surface area (Å²) < 4.78 is 5.54. The highest BCUT2D eigenvalue weighted by molar-refractivity contribution is 5.95. The number of carbonyl (C=O) groups is 1. The van der Waals surface area contributed by atoms with Crippen molar-refractivity contribution < 1.29 is 9.53 Å². The van der Waals surface area contributed by atoms with E-state index in [-0.39, 0.29) is 5.91 Å². The lowest BCUT2D eigenvalue weighted by Crippen LogP contribution is -2.08. The first-order valence-electron chi connectivity index (χ1n) is 5.08. The van der Waals surface area contributed by atoms with Crippen LogP contribution in [0.15, 0.2) is 24.3 Å². The van der Waals surface area contributed by atoms with Crippen molar-refractivity contribution >= 4 is 11.6 Å². The van der Waals surface area contributed by atoms with Crippen molar-refractivity contribution in [2.24, 2.45) is 0 Å². The van der Waals surface area contributed by atoms with Gasteiger partial charge in [0.05, 0.1) is 12.3 Å². The van der Waals surface area contributed by atoms with Gasteiger partial charge in [-0.25, -0.2) is 0 Å². The van der Waals surface area contributed by atoms with Crippen LogP contribution in [0.5, 0.6) is 5.75 Å². The van der Waals surface area contributed by atoms with E-state index in [9.17, 15) is 4.79 Å². The molecule has 3 nitrogen and oxygen atoms in total. The van der Waals surface area contributed by atoms with Crippen molar-refractivity contribution in [1.29, 1.82) is 0 Å². The van der Waals surface area contributed by atoms with E-state index in [1.54, 1.807) is 6.07 Å². The molecule has 0 heterocycles. The fourth-order valence-electron chi connectivity index (χ4n) is 1.17. The molecule has 1 radical (unpaired) electrons. The number of nitrogens with one attached hydrogen (secondary N) is 1. The molecule has 0 aliphatic rings. The second-order valence-corrected chi connectivity index (χ2v) is 3.25. The fourth-order valence-corrected chi connectivity index (χ4v) is 1.17. The molecule has 81 valence electrons. The second kappa shape index (κ2) is 6.06. The fraction of sp³-hybridized carbons (Fsp3) is 0.333. The largest absolute Gasteiger partial charge is 0.491 e. The van der Waals surface area contributed by atoms with Crippen LogP contribution in [0.25, 0.3) is 0 Å². The van der Waals surface area contributed by atoms with Crippen molar-refractivity contribution in [2.45, 2.75) is 19.8 Å². The summed E-state index contributed by atoms with van der Waals surface area (Å²) in [4.78, 5) is 10.8. The SMILES string of the molecule is [CH2]C(=O)Nc1ccccc1OCCCC. The number of benzene rings is 1. The van der Waals surface area contributed by atoms with Gasteiger partial charge in [0.1, 0.15) is 5.75 Å². The van der Waals surface area contributed by atoms with Crippen molar-refractivity contribution in [1.82, 2.24) is 0 Å². The standard InChI is InChI=1S/C12H16NO2/c1-3-4-9-15-12-8-6-5-7-11(12)13-10(2)14/h5-8H,2-4,9H2,1H3,(H,13,14). The lowest BCUT2D eigenvalue weighted by atomic mass is 10.3. The lowest BCUT2D eigenvalue weighted by molar-refractivity contribution is -0.112. The minimum Gasteiger partial charge on any atom is -0.491 e. The van der Waals surface area contributed by atoms with Gasteiger partial charge in [-0.2, -0.15) is 0 Å². The quantitative estimate of drug-likeness (QED) is 0.752. The Morgan fingerprint density at radius 3 is 2.87 bits per heavy atom. The number of carbonyl (C=O) groups excluding carboxylic acids is 1. The highest BCUT2D eigenvalue weighted by atomic mass is 16.5. The summed E-state index contributed by atoms with van der Waals surface area (Å²) in [5, 5.41) is 2.63. The molecule has 1 N–H and O–H groups in total. The summed E-state index contributed by atoms with van der Waals surface area (Å²) in [6.45, 7) is 6.04. The summed E-state index contributed by atoms with van der Waals surface area (Å²) in [7, 11) is 0.